The highest BCUT2D eigenvalue weighted by Crippen LogP contribution is 2.24. The maximum Gasteiger partial charge on any atom is 0.259 e. The van der Waals surface area contributed by atoms with Gasteiger partial charge in [-0.2, -0.15) is 0 Å². The van der Waals surface area contributed by atoms with Crippen molar-refractivity contribution in [1.82, 2.24) is 0 Å². The lowest BCUT2D eigenvalue weighted by Crippen LogP contribution is -2.12. The number of amides is 1. The third-order valence-corrected chi connectivity index (χ3v) is 3.22. The molecule has 2 aromatic rings. The van der Waals surface area contributed by atoms with Gasteiger partial charge in [-0.25, -0.2) is 0 Å². The van der Waals surface area contributed by atoms with Crippen LogP contribution in [0.15, 0.2) is 36.4 Å². The third kappa shape index (κ3) is 3.03. The van der Waals surface area contributed by atoms with Crippen LogP contribution in [0.1, 0.15) is 22.8 Å². The van der Waals surface area contributed by atoms with Crippen LogP contribution in [0.25, 0.3) is 0 Å². The van der Waals surface area contributed by atoms with Gasteiger partial charge in [-0.1, -0.05) is 24.6 Å². The number of benzene rings is 2. The fourth-order valence-electron chi connectivity index (χ4n) is 1.88. The van der Waals surface area contributed by atoms with Crippen molar-refractivity contribution in [3.8, 4) is 5.75 Å². The molecule has 4 N–H and O–H groups in total. The lowest BCUT2D eigenvalue weighted by molar-refractivity contribution is 0.102. The van der Waals surface area contributed by atoms with Crippen LogP contribution in [0.3, 0.4) is 0 Å². The number of nitrogens with two attached hydrogens (primary N) is 1. The number of carbonyl (C=O) groups is 1. The van der Waals surface area contributed by atoms with Gasteiger partial charge in [-0.15, -0.1) is 0 Å². The van der Waals surface area contributed by atoms with Crippen molar-refractivity contribution >= 4 is 28.9 Å². The molecular weight excluding hydrogens is 276 g/mol. The predicted octanol–water partition coefficient (Wildman–Crippen LogP) is 3.44. The topological polar surface area (TPSA) is 75.3 Å². The van der Waals surface area contributed by atoms with Crippen molar-refractivity contribution in [2.24, 2.45) is 0 Å². The first-order chi connectivity index (χ1) is 9.51. The normalized spacial score (nSPS) is 10.3. The average Bonchev–Trinajstić information content (AvgIpc) is 2.41. The van der Waals surface area contributed by atoms with Crippen LogP contribution in [0.5, 0.6) is 5.75 Å². The van der Waals surface area contributed by atoms with E-state index in [2.05, 4.69) is 5.32 Å². The van der Waals surface area contributed by atoms with E-state index in [0.29, 0.717) is 16.4 Å². The summed E-state index contributed by atoms with van der Waals surface area (Å²) in [4.78, 5) is 12.1. The van der Waals surface area contributed by atoms with E-state index < -0.39 is 5.91 Å². The number of aryl methyl sites for hydroxylation is 1. The molecule has 1 amide bonds. The molecule has 0 spiro atoms. The van der Waals surface area contributed by atoms with Crippen LogP contribution in [0.4, 0.5) is 11.4 Å². The predicted molar refractivity (Wildman–Crippen MR) is 81.3 cm³/mol. The Morgan fingerprint density at radius 3 is 2.70 bits per heavy atom. The summed E-state index contributed by atoms with van der Waals surface area (Å²) >= 11 is 5.82. The van der Waals surface area contributed by atoms with Crippen LogP contribution >= 0.6 is 11.6 Å². The summed E-state index contributed by atoms with van der Waals surface area (Å²) in [5, 5.41) is 12.7. The second kappa shape index (κ2) is 5.84. The van der Waals surface area contributed by atoms with Gasteiger partial charge in [0, 0.05) is 16.4 Å². The lowest BCUT2D eigenvalue weighted by atomic mass is 10.1. The molecule has 20 heavy (non-hydrogen) atoms. The first-order valence-electron chi connectivity index (χ1n) is 6.19. The smallest absolute Gasteiger partial charge is 0.259 e. The monoisotopic (exact) mass is 290 g/mol. The summed E-state index contributed by atoms with van der Waals surface area (Å²) in [6.45, 7) is 2.01. The van der Waals surface area contributed by atoms with Gasteiger partial charge in [-0.3, -0.25) is 4.79 Å². The lowest BCUT2D eigenvalue weighted by Gasteiger charge is -2.09. The molecule has 0 unspecified atom stereocenters. The molecule has 0 saturated heterocycles. The van der Waals surface area contributed by atoms with Gasteiger partial charge in [0.1, 0.15) is 5.75 Å². The van der Waals surface area contributed by atoms with E-state index in [9.17, 15) is 9.90 Å². The number of anilines is 2. The van der Waals surface area contributed by atoms with Crippen LogP contribution in [-0.2, 0) is 6.42 Å². The highest BCUT2D eigenvalue weighted by molar-refractivity contribution is 6.31. The van der Waals surface area contributed by atoms with Crippen molar-refractivity contribution in [3.63, 3.8) is 0 Å². The maximum absolute atomic E-state index is 12.1. The largest absolute Gasteiger partial charge is 0.507 e. The minimum atomic E-state index is -0.436. The minimum Gasteiger partial charge on any atom is -0.507 e. The number of halogens is 1. The first kappa shape index (κ1) is 14.2. The first-order valence-corrected chi connectivity index (χ1v) is 6.57. The highest BCUT2D eigenvalue weighted by Gasteiger charge is 2.12. The molecule has 0 bridgehead atoms. The number of phenols is 1. The fraction of sp³-hybridized carbons (Fsp3) is 0.133. The van der Waals surface area contributed by atoms with Crippen molar-refractivity contribution in [1.29, 1.82) is 0 Å². The molecule has 0 aliphatic rings. The Balaban J connectivity index is 2.23. The number of rotatable bonds is 3. The Morgan fingerprint density at radius 1 is 1.30 bits per heavy atom. The van der Waals surface area contributed by atoms with Crippen molar-refractivity contribution < 1.29 is 9.90 Å². The summed E-state index contributed by atoms with van der Waals surface area (Å²) in [5.74, 6) is -0.557. The van der Waals surface area contributed by atoms with Crippen molar-refractivity contribution in [2.75, 3.05) is 11.1 Å². The molecule has 0 heterocycles. The molecule has 2 aromatic carbocycles. The molecule has 0 saturated carbocycles. The van der Waals surface area contributed by atoms with E-state index in [4.69, 9.17) is 17.3 Å². The van der Waals surface area contributed by atoms with Gasteiger partial charge < -0.3 is 16.2 Å². The van der Waals surface area contributed by atoms with E-state index in [0.717, 1.165) is 12.0 Å². The molecule has 0 atom stereocenters. The summed E-state index contributed by atoms with van der Waals surface area (Å²) in [6.07, 6.45) is 0.829. The standard InChI is InChI=1S/C15H15ClN2O2/c1-2-9-3-5-11(8-13(9)17)18-15(20)12-7-10(16)4-6-14(12)19/h3-8,19H,2,17H2,1H3,(H,18,20). The highest BCUT2D eigenvalue weighted by atomic mass is 35.5. The molecule has 104 valence electrons. The molecule has 0 aromatic heterocycles. The zero-order valence-electron chi connectivity index (χ0n) is 11.0. The Labute approximate surface area is 122 Å². The Hall–Kier alpha value is -2.20. The molecule has 0 fully saturated rings. The zero-order chi connectivity index (χ0) is 14.7. The maximum atomic E-state index is 12.1. The minimum absolute atomic E-state index is 0.120. The molecule has 0 radical (unpaired) electrons. The van der Waals surface area contributed by atoms with E-state index in [1.807, 2.05) is 13.0 Å². The van der Waals surface area contributed by atoms with Crippen LogP contribution in [0, 0.1) is 0 Å². The van der Waals surface area contributed by atoms with E-state index >= 15 is 0 Å². The van der Waals surface area contributed by atoms with Gasteiger partial charge >= 0.3 is 0 Å². The number of carbonyl (C=O) groups excluding carboxylic acids is 1. The molecule has 4 nitrogen and oxygen atoms in total. The number of nitrogen functional groups attached to an aromatic ring is 1. The Kier molecular flexibility index (Phi) is 4.15. The van der Waals surface area contributed by atoms with Crippen LogP contribution in [0.2, 0.25) is 5.02 Å². The number of nitrogens with one attached hydrogen (secondary N) is 1. The third-order valence-electron chi connectivity index (χ3n) is 2.99. The van der Waals surface area contributed by atoms with E-state index in [1.165, 1.54) is 18.2 Å². The molecule has 2 rings (SSSR count). The Bertz CT molecular complexity index is 656. The SMILES string of the molecule is CCc1ccc(NC(=O)c2cc(Cl)ccc2O)cc1N. The summed E-state index contributed by atoms with van der Waals surface area (Å²) in [6, 6.07) is 9.64. The quantitative estimate of drug-likeness (QED) is 0.758. The number of aromatic hydroxyl groups is 1. The second-order valence-corrected chi connectivity index (χ2v) is 4.82. The summed E-state index contributed by atoms with van der Waals surface area (Å²) in [5.41, 5.74) is 8.22. The summed E-state index contributed by atoms with van der Waals surface area (Å²) < 4.78 is 0. The van der Waals surface area contributed by atoms with Crippen molar-refractivity contribution in [3.05, 3.63) is 52.5 Å². The van der Waals surface area contributed by atoms with Gasteiger partial charge in [0.2, 0.25) is 0 Å². The number of hydrogen-bond acceptors (Lipinski definition) is 3. The molecule has 0 aliphatic carbocycles. The van der Waals surface area contributed by atoms with Gasteiger partial charge in [-0.05, 0) is 42.3 Å². The Morgan fingerprint density at radius 2 is 2.05 bits per heavy atom. The van der Waals surface area contributed by atoms with Crippen LogP contribution < -0.4 is 11.1 Å². The number of phenolic OH excluding ortho intramolecular Hbond substituents is 1. The van der Waals surface area contributed by atoms with E-state index in [-0.39, 0.29) is 11.3 Å². The average molecular weight is 291 g/mol. The van der Waals surface area contributed by atoms with E-state index in [1.54, 1.807) is 12.1 Å². The molecule has 0 aliphatic heterocycles. The zero-order valence-corrected chi connectivity index (χ0v) is 11.7. The molecule has 5 heteroatoms. The van der Waals surface area contributed by atoms with Gasteiger partial charge in [0.05, 0.1) is 5.56 Å². The van der Waals surface area contributed by atoms with Gasteiger partial charge in [0.25, 0.3) is 5.91 Å². The van der Waals surface area contributed by atoms with Crippen molar-refractivity contribution in [2.45, 2.75) is 13.3 Å². The fourth-order valence-corrected chi connectivity index (χ4v) is 2.06. The molecular formula is C15H15ClN2O2. The summed E-state index contributed by atoms with van der Waals surface area (Å²) in [7, 11) is 0. The van der Waals surface area contributed by atoms with Crippen LogP contribution in [-0.4, -0.2) is 11.0 Å². The van der Waals surface area contributed by atoms with Gasteiger partial charge in [0.15, 0.2) is 0 Å². The number of hydrogen-bond donors (Lipinski definition) is 3. The second-order valence-electron chi connectivity index (χ2n) is 4.38.